The number of hydrogen-bond acceptors (Lipinski definition) is 4. The third-order valence-corrected chi connectivity index (χ3v) is 5.12. The molecule has 1 saturated carbocycles. The SMILES string of the molecule is CCOc1ccc2nc(NCC3(C)CCCC3)sc2c1. The van der Waals surface area contributed by atoms with E-state index in [-0.39, 0.29) is 0 Å². The van der Waals surface area contributed by atoms with Crippen LogP contribution in [-0.2, 0) is 0 Å². The van der Waals surface area contributed by atoms with Gasteiger partial charge in [0.2, 0.25) is 0 Å². The van der Waals surface area contributed by atoms with Gasteiger partial charge >= 0.3 is 0 Å². The molecule has 3 rings (SSSR count). The topological polar surface area (TPSA) is 34.1 Å². The van der Waals surface area contributed by atoms with E-state index in [1.807, 2.05) is 19.1 Å². The molecule has 1 fully saturated rings. The summed E-state index contributed by atoms with van der Waals surface area (Å²) in [4.78, 5) is 4.66. The number of aromatic nitrogens is 1. The molecule has 1 aliphatic rings. The van der Waals surface area contributed by atoms with Gasteiger partial charge in [-0.05, 0) is 43.4 Å². The third kappa shape index (κ3) is 2.90. The molecule has 0 radical (unpaired) electrons. The molecular formula is C16H22N2OS. The van der Waals surface area contributed by atoms with Gasteiger partial charge in [0.1, 0.15) is 5.75 Å². The van der Waals surface area contributed by atoms with Crippen LogP contribution in [0.25, 0.3) is 10.2 Å². The Morgan fingerprint density at radius 2 is 2.15 bits per heavy atom. The Hall–Kier alpha value is -1.29. The van der Waals surface area contributed by atoms with E-state index in [4.69, 9.17) is 4.74 Å². The van der Waals surface area contributed by atoms with E-state index < -0.39 is 0 Å². The van der Waals surface area contributed by atoms with Crippen molar-refractivity contribution in [1.29, 1.82) is 0 Å². The number of ether oxygens (including phenoxy) is 1. The van der Waals surface area contributed by atoms with Crippen LogP contribution in [0.2, 0.25) is 0 Å². The first-order valence-electron chi connectivity index (χ1n) is 7.46. The molecular weight excluding hydrogens is 268 g/mol. The molecule has 108 valence electrons. The van der Waals surface area contributed by atoms with Crippen molar-refractivity contribution in [3.8, 4) is 5.75 Å². The molecule has 1 aromatic carbocycles. The van der Waals surface area contributed by atoms with Crippen LogP contribution in [0.15, 0.2) is 18.2 Å². The van der Waals surface area contributed by atoms with Crippen molar-refractivity contribution >= 4 is 26.7 Å². The van der Waals surface area contributed by atoms with Gasteiger partial charge < -0.3 is 10.1 Å². The van der Waals surface area contributed by atoms with Gasteiger partial charge in [-0.25, -0.2) is 4.98 Å². The molecule has 0 amide bonds. The van der Waals surface area contributed by atoms with Crippen molar-refractivity contribution in [2.75, 3.05) is 18.5 Å². The summed E-state index contributed by atoms with van der Waals surface area (Å²) in [7, 11) is 0. The molecule has 1 aliphatic carbocycles. The summed E-state index contributed by atoms with van der Waals surface area (Å²) in [5.74, 6) is 0.929. The quantitative estimate of drug-likeness (QED) is 0.867. The number of hydrogen-bond donors (Lipinski definition) is 1. The Balaban J connectivity index is 1.72. The summed E-state index contributed by atoms with van der Waals surface area (Å²) >= 11 is 1.72. The molecule has 2 aromatic rings. The lowest BCUT2D eigenvalue weighted by Gasteiger charge is -2.23. The van der Waals surface area contributed by atoms with Crippen LogP contribution in [0.4, 0.5) is 5.13 Å². The second-order valence-electron chi connectivity index (χ2n) is 5.95. The molecule has 20 heavy (non-hydrogen) atoms. The monoisotopic (exact) mass is 290 g/mol. The zero-order chi connectivity index (χ0) is 14.0. The van der Waals surface area contributed by atoms with Gasteiger partial charge in [-0.1, -0.05) is 31.1 Å². The van der Waals surface area contributed by atoms with E-state index in [0.717, 1.165) is 22.9 Å². The van der Waals surface area contributed by atoms with Gasteiger partial charge in [-0.2, -0.15) is 0 Å². The highest BCUT2D eigenvalue weighted by molar-refractivity contribution is 7.22. The smallest absolute Gasteiger partial charge is 0.183 e. The number of nitrogens with zero attached hydrogens (tertiary/aromatic N) is 1. The van der Waals surface area contributed by atoms with E-state index in [9.17, 15) is 0 Å². The number of rotatable bonds is 5. The fraction of sp³-hybridized carbons (Fsp3) is 0.562. The summed E-state index contributed by atoms with van der Waals surface area (Å²) in [6, 6.07) is 6.12. The Labute approximate surface area is 124 Å². The molecule has 0 atom stereocenters. The van der Waals surface area contributed by atoms with Crippen molar-refractivity contribution in [1.82, 2.24) is 4.98 Å². The number of anilines is 1. The maximum absolute atomic E-state index is 5.54. The Morgan fingerprint density at radius 3 is 2.90 bits per heavy atom. The normalized spacial score (nSPS) is 17.5. The zero-order valence-corrected chi connectivity index (χ0v) is 13.1. The van der Waals surface area contributed by atoms with Crippen LogP contribution in [0.3, 0.4) is 0 Å². The molecule has 3 nitrogen and oxygen atoms in total. The average Bonchev–Trinajstić information content (AvgIpc) is 3.03. The lowest BCUT2D eigenvalue weighted by Crippen LogP contribution is -2.22. The van der Waals surface area contributed by atoms with Crippen molar-refractivity contribution in [2.45, 2.75) is 39.5 Å². The Bertz CT molecular complexity index is 587. The molecule has 1 N–H and O–H groups in total. The highest BCUT2D eigenvalue weighted by Crippen LogP contribution is 2.38. The molecule has 0 bridgehead atoms. The van der Waals surface area contributed by atoms with Gasteiger partial charge in [0, 0.05) is 6.54 Å². The Kier molecular flexibility index (Phi) is 3.83. The fourth-order valence-electron chi connectivity index (χ4n) is 2.93. The second kappa shape index (κ2) is 5.60. The van der Waals surface area contributed by atoms with Crippen molar-refractivity contribution < 1.29 is 4.74 Å². The van der Waals surface area contributed by atoms with Crippen LogP contribution in [0.5, 0.6) is 5.75 Å². The van der Waals surface area contributed by atoms with E-state index in [0.29, 0.717) is 12.0 Å². The molecule has 0 unspecified atom stereocenters. The maximum atomic E-state index is 5.54. The third-order valence-electron chi connectivity index (χ3n) is 4.15. The number of thiazole rings is 1. The summed E-state index contributed by atoms with van der Waals surface area (Å²) in [6.07, 6.45) is 5.41. The fourth-order valence-corrected chi connectivity index (χ4v) is 3.82. The standard InChI is InChI=1S/C16H22N2OS/c1-3-19-12-6-7-13-14(10-12)20-15(18-13)17-11-16(2)8-4-5-9-16/h6-7,10H,3-5,8-9,11H2,1-2H3,(H,17,18). The first-order chi connectivity index (χ1) is 9.68. The summed E-state index contributed by atoms with van der Waals surface area (Å²) in [6.45, 7) is 6.12. The molecule has 0 saturated heterocycles. The summed E-state index contributed by atoms with van der Waals surface area (Å²) in [5, 5.41) is 4.56. The predicted molar refractivity (Wildman–Crippen MR) is 85.9 cm³/mol. The maximum Gasteiger partial charge on any atom is 0.183 e. The van der Waals surface area contributed by atoms with Crippen molar-refractivity contribution in [3.05, 3.63) is 18.2 Å². The molecule has 0 spiro atoms. The average molecular weight is 290 g/mol. The zero-order valence-electron chi connectivity index (χ0n) is 12.2. The minimum atomic E-state index is 0.453. The van der Waals surface area contributed by atoms with Gasteiger partial charge in [-0.3, -0.25) is 0 Å². The summed E-state index contributed by atoms with van der Waals surface area (Å²) < 4.78 is 6.73. The van der Waals surface area contributed by atoms with E-state index in [1.165, 1.54) is 30.4 Å². The Morgan fingerprint density at radius 1 is 1.35 bits per heavy atom. The van der Waals surface area contributed by atoms with E-state index >= 15 is 0 Å². The van der Waals surface area contributed by atoms with E-state index in [2.05, 4.69) is 23.3 Å². The van der Waals surface area contributed by atoms with Gasteiger partial charge in [0.25, 0.3) is 0 Å². The molecule has 1 aromatic heterocycles. The van der Waals surface area contributed by atoms with E-state index in [1.54, 1.807) is 11.3 Å². The first-order valence-corrected chi connectivity index (χ1v) is 8.27. The van der Waals surface area contributed by atoms with Gasteiger partial charge in [-0.15, -0.1) is 0 Å². The predicted octanol–water partition coefficient (Wildman–Crippen LogP) is 4.69. The van der Waals surface area contributed by atoms with Gasteiger partial charge in [0.05, 0.1) is 16.8 Å². The van der Waals surface area contributed by atoms with Crippen molar-refractivity contribution in [3.63, 3.8) is 0 Å². The van der Waals surface area contributed by atoms with Crippen LogP contribution < -0.4 is 10.1 Å². The van der Waals surface area contributed by atoms with Gasteiger partial charge in [0.15, 0.2) is 5.13 Å². The molecule has 4 heteroatoms. The minimum absolute atomic E-state index is 0.453. The molecule has 0 aliphatic heterocycles. The number of fused-ring (bicyclic) bond motifs is 1. The van der Waals surface area contributed by atoms with Crippen molar-refractivity contribution in [2.24, 2.45) is 5.41 Å². The number of benzene rings is 1. The van der Waals surface area contributed by atoms with Crippen LogP contribution in [-0.4, -0.2) is 18.1 Å². The highest BCUT2D eigenvalue weighted by atomic mass is 32.1. The van der Waals surface area contributed by atoms with Crippen LogP contribution in [0.1, 0.15) is 39.5 Å². The largest absolute Gasteiger partial charge is 0.494 e. The van der Waals surface area contributed by atoms with Crippen LogP contribution >= 0.6 is 11.3 Å². The lowest BCUT2D eigenvalue weighted by molar-refractivity contribution is 0.341. The lowest BCUT2D eigenvalue weighted by atomic mass is 9.89. The highest BCUT2D eigenvalue weighted by Gasteiger charge is 2.28. The molecule has 1 heterocycles. The summed E-state index contributed by atoms with van der Waals surface area (Å²) in [5.41, 5.74) is 1.51. The van der Waals surface area contributed by atoms with Crippen LogP contribution in [0, 0.1) is 5.41 Å². The number of nitrogens with one attached hydrogen (secondary N) is 1. The first kappa shape index (κ1) is 13.7. The second-order valence-corrected chi connectivity index (χ2v) is 6.98. The minimum Gasteiger partial charge on any atom is -0.494 e.